The lowest BCUT2D eigenvalue weighted by Crippen LogP contribution is -2.45. The van der Waals surface area contributed by atoms with Crippen molar-refractivity contribution in [1.82, 2.24) is 10.9 Å². The van der Waals surface area contributed by atoms with Crippen LogP contribution in [0.4, 0.5) is 0 Å². The third-order valence-electron chi connectivity index (χ3n) is 2.75. The zero-order chi connectivity index (χ0) is 17.4. The lowest BCUT2D eigenvalue weighted by molar-refractivity contribution is -0.131. The number of benzene rings is 2. The van der Waals surface area contributed by atoms with Crippen molar-refractivity contribution >= 4 is 27.7 Å². The van der Waals surface area contributed by atoms with Gasteiger partial charge in [-0.15, -0.1) is 0 Å². The number of nitrogens with one attached hydrogen (secondary N) is 2. The van der Waals surface area contributed by atoms with Gasteiger partial charge >= 0.3 is 0 Å². The third kappa shape index (κ3) is 5.81. The Balaban J connectivity index is 1.66. The number of rotatable bonds is 6. The fraction of sp³-hybridized carbons (Fsp3) is 0.125. The van der Waals surface area contributed by atoms with Gasteiger partial charge in [0, 0.05) is 4.47 Å². The van der Waals surface area contributed by atoms with Crippen molar-refractivity contribution in [3.05, 3.63) is 53.0 Å². The number of carbonyl (C=O) groups excluding carboxylic acids is 2. The second-order valence-electron chi connectivity index (χ2n) is 4.60. The molecule has 24 heavy (non-hydrogen) atoms. The summed E-state index contributed by atoms with van der Waals surface area (Å²) in [5, 5.41) is 9.49. The zero-order valence-corrected chi connectivity index (χ0v) is 14.1. The number of para-hydroxylation sites is 2. The molecule has 0 saturated heterocycles. The van der Waals surface area contributed by atoms with Crippen LogP contribution in [-0.4, -0.2) is 30.1 Å². The van der Waals surface area contributed by atoms with Gasteiger partial charge in [-0.3, -0.25) is 20.4 Å². The van der Waals surface area contributed by atoms with Gasteiger partial charge < -0.3 is 14.6 Å². The molecule has 0 unspecified atom stereocenters. The maximum Gasteiger partial charge on any atom is 0.276 e. The molecule has 7 nitrogen and oxygen atoms in total. The van der Waals surface area contributed by atoms with Crippen LogP contribution in [0, 0.1) is 0 Å². The Bertz CT molecular complexity index is 706. The normalized spacial score (nSPS) is 9.88. The fourth-order valence-electron chi connectivity index (χ4n) is 1.61. The number of aromatic hydroxyl groups is 1. The Morgan fingerprint density at radius 1 is 0.917 bits per heavy atom. The SMILES string of the molecule is O=C(COc1ccc(Br)cc1)NNC(=O)COc1ccccc1O. The summed E-state index contributed by atoms with van der Waals surface area (Å²) in [6.07, 6.45) is 0. The van der Waals surface area contributed by atoms with Crippen molar-refractivity contribution in [2.75, 3.05) is 13.2 Å². The number of hydrogen-bond acceptors (Lipinski definition) is 5. The van der Waals surface area contributed by atoms with Crippen molar-refractivity contribution in [2.24, 2.45) is 0 Å². The van der Waals surface area contributed by atoms with Crippen LogP contribution >= 0.6 is 15.9 Å². The molecular weight excluding hydrogens is 380 g/mol. The zero-order valence-electron chi connectivity index (χ0n) is 12.5. The Labute approximate surface area is 146 Å². The van der Waals surface area contributed by atoms with Crippen molar-refractivity contribution in [1.29, 1.82) is 0 Å². The average molecular weight is 395 g/mol. The summed E-state index contributed by atoms with van der Waals surface area (Å²) < 4.78 is 11.3. The van der Waals surface area contributed by atoms with E-state index in [4.69, 9.17) is 9.47 Å². The van der Waals surface area contributed by atoms with E-state index >= 15 is 0 Å². The maximum absolute atomic E-state index is 11.6. The number of ether oxygens (including phenoxy) is 2. The molecule has 8 heteroatoms. The highest BCUT2D eigenvalue weighted by Crippen LogP contribution is 2.23. The molecule has 0 bridgehead atoms. The molecule has 0 aliphatic carbocycles. The molecule has 0 atom stereocenters. The molecule has 0 saturated carbocycles. The number of hydrazine groups is 1. The van der Waals surface area contributed by atoms with Crippen LogP contribution in [0.15, 0.2) is 53.0 Å². The van der Waals surface area contributed by atoms with Gasteiger partial charge in [0.1, 0.15) is 5.75 Å². The molecule has 0 radical (unpaired) electrons. The number of phenolic OH excluding ortho intramolecular Hbond substituents is 1. The van der Waals surface area contributed by atoms with Crippen LogP contribution in [0.3, 0.4) is 0 Å². The van der Waals surface area contributed by atoms with Gasteiger partial charge in [0.15, 0.2) is 24.7 Å². The quantitative estimate of drug-likeness (QED) is 0.648. The van der Waals surface area contributed by atoms with Crippen LogP contribution in [-0.2, 0) is 9.59 Å². The minimum Gasteiger partial charge on any atom is -0.504 e. The van der Waals surface area contributed by atoms with E-state index < -0.39 is 11.8 Å². The van der Waals surface area contributed by atoms with Crippen LogP contribution in [0.25, 0.3) is 0 Å². The molecule has 0 fully saturated rings. The van der Waals surface area contributed by atoms with Gasteiger partial charge in [-0.1, -0.05) is 28.1 Å². The lowest BCUT2D eigenvalue weighted by Gasteiger charge is -2.10. The number of phenols is 1. The van der Waals surface area contributed by atoms with Crippen molar-refractivity contribution in [3.63, 3.8) is 0 Å². The summed E-state index contributed by atoms with van der Waals surface area (Å²) in [4.78, 5) is 23.1. The highest BCUT2D eigenvalue weighted by Gasteiger charge is 2.08. The van der Waals surface area contributed by atoms with Crippen LogP contribution in [0.1, 0.15) is 0 Å². The summed E-state index contributed by atoms with van der Waals surface area (Å²) in [6, 6.07) is 13.2. The van der Waals surface area contributed by atoms with Crippen LogP contribution in [0.2, 0.25) is 0 Å². The molecule has 0 aromatic heterocycles. The number of amides is 2. The molecule has 0 spiro atoms. The predicted octanol–water partition coefficient (Wildman–Crippen LogP) is 1.76. The van der Waals surface area contributed by atoms with Gasteiger partial charge in [0.2, 0.25) is 0 Å². The predicted molar refractivity (Wildman–Crippen MR) is 89.5 cm³/mol. The van der Waals surface area contributed by atoms with Gasteiger partial charge in [0.05, 0.1) is 0 Å². The second-order valence-corrected chi connectivity index (χ2v) is 5.51. The Morgan fingerprint density at radius 2 is 1.50 bits per heavy atom. The minimum atomic E-state index is -0.574. The molecule has 2 aromatic rings. The Kier molecular flexibility index (Phi) is 6.44. The molecule has 2 rings (SSSR count). The Hall–Kier alpha value is -2.74. The first-order valence-electron chi connectivity index (χ1n) is 6.91. The maximum atomic E-state index is 11.6. The van der Waals surface area contributed by atoms with E-state index in [1.165, 1.54) is 12.1 Å². The van der Waals surface area contributed by atoms with Gasteiger partial charge in [-0.05, 0) is 36.4 Å². The van der Waals surface area contributed by atoms with Gasteiger partial charge in [-0.2, -0.15) is 0 Å². The smallest absolute Gasteiger partial charge is 0.276 e. The third-order valence-corrected chi connectivity index (χ3v) is 3.28. The molecule has 0 aliphatic rings. The van der Waals surface area contributed by atoms with Crippen LogP contribution in [0.5, 0.6) is 17.2 Å². The summed E-state index contributed by atoms with van der Waals surface area (Å²) in [7, 11) is 0. The topological polar surface area (TPSA) is 96.9 Å². The molecular formula is C16H15BrN2O5. The largest absolute Gasteiger partial charge is 0.504 e. The minimum absolute atomic E-state index is 0.0720. The second kappa shape index (κ2) is 8.78. The summed E-state index contributed by atoms with van der Waals surface area (Å²) in [6.45, 7) is -0.604. The van der Waals surface area contributed by atoms with E-state index in [0.29, 0.717) is 5.75 Å². The first-order valence-corrected chi connectivity index (χ1v) is 7.71. The van der Waals surface area contributed by atoms with E-state index in [1.807, 2.05) is 0 Å². The van der Waals surface area contributed by atoms with Crippen LogP contribution < -0.4 is 20.3 Å². The summed E-state index contributed by atoms with van der Waals surface area (Å²) in [5.74, 6) is -0.457. The number of carbonyl (C=O) groups is 2. The molecule has 3 N–H and O–H groups in total. The van der Waals surface area contributed by atoms with E-state index in [1.54, 1.807) is 36.4 Å². The molecule has 2 aromatic carbocycles. The van der Waals surface area contributed by atoms with Crippen molar-refractivity contribution < 1.29 is 24.2 Å². The molecule has 0 heterocycles. The molecule has 2 amide bonds. The monoisotopic (exact) mass is 394 g/mol. The first-order chi connectivity index (χ1) is 11.5. The Morgan fingerprint density at radius 3 is 2.12 bits per heavy atom. The van der Waals surface area contributed by atoms with Gasteiger partial charge in [0.25, 0.3) is 11.8 Å². The fourth-order valence-corrected chi connectivity index (χ4v) is 1.88. The highest BCUT2D eigenvalue weighted by molar-refractivity contribution is 9.10. The summed E-state index contributed by atoms with van der Waals surface area (Å²) >= 11 is 3.29. The highest BCUT2D eigenvalue weighted by atomic mass is 79.9. The number of hydrogen-bond donors (Lipinski definition) is 3. The summed E-state index contributed by atoms with van der Waals surface area (Å²) in [5.41, 5.74) is 4.38. The first kappa shape index (κ1) is 17.6. The standard InChI is InChI=1S/C16H15BrN2O5/c17-11-5-7-12(8-6-11)23-9-15(21)18-19-16(22)10-24-14-4-2-1-3-13(14)20/h1-8,20H,9-10H2,(H,18,21)(H,19,22). The van der Waals surface area contributed by atoms with E-state index in [2.05, 4.69) is 26.8 Å². The van der Waals surface area contributed by atoms with E-state index in [9.17, 15) is 14.7 Å². The van der Waals surface area contributed by atoms with E-state index in [0.717, 1.165) is 4.47 Å². The average Bonchev–Trinajstić information content (AvgIpc) is 2.58. The lowest BCUT2D eigenvalue weighted by atomic mass is 10.3. The van der Waals surface area contributed by atoms with E-state index in [-0.39, 0.29) is 24.7 Å². The van der Waals surface area contributed by atoms with Crippen molar-refractivity contribution in [2.45, 2.75) is 0 Å². The number of halogens is 1. The van der Waals surface area contributed by atoms with Crippen molar-refractivity contribution in [3.8, 4) is 17.2 Å². The van der Waals surface area contributed by atoms with Gasteiger partial charge in [-0.25, -0.2) is 0 Å². The molecule has 0 aliphatic heterocycles. The molecule has 126 valence electrons.